The summed E-state index contributed by atoms with van der Waals surface area (Å²) in [6.07, 6.45) is 0. The first-order valence-corrected chi connectivity index (χ1v) is 6.66. The van der Waals surface area contributed by atoms with Gasteiger partial charge in [-0.25, -0.2) is 9.18 Å². The van der Waals surface area contributed by atoms with Crippen LogP contribution in [0.2, 0.25) is 5.02 Å². The van der Waals surface area contributed by atoms with Crippen LogP contribution in [0.15, 0.2) is 54.6 Å². The molecule has 3 rings (SSSR count). The molecule has 0 radical (unpaired) electrons. The fourth-order valence-electron chi connectivity index (χ4n) is 2.42. The molecule has 2 nitrogen and oxygen atoms in total. The van der Waals surface area contributed by atoms with Crippen molar-refractivity contribution >= 4 is 28.3 Å². The highest BCUT2D eigenvalue weighted by molar-refractivity contribution is 6.31. The number of rotatable bonds is 2. The van der Waals surface area contributed by atoms with Crippen LogP contribution in [0, 0.1) is 5.82 Å². The van der Waals surface area contributed by atoms with Gasteiger partial charge in [-0.15, -0.1) is 0 Å². The van der Waals surface area contributed by atoms with Crippen molar-refractivity contribution in [2.24, 2.45) is 0 Å². The average Bonchev–Trinajstić information content (AvgIpc) is 2.47. The zero-order chi connectivity index (χ0) is 15.0. The van der Waals surface area contributed by atoms with Crippen LogP contribution in [0.4, 0.5) is 4.39 Å². The molecule has 0 atom stereocenters. The Labute approximate surface area is 125 Å². The Hall–Kier alpha value is -2.39. The topological polar surface area (TPSA) is 37.3 Å². The summed E-state index contributed by atoms with van der Waals surface area (Å²) in [5, 5.41) is 10.9. The second-order valence-electron chi connectivity index (χ2n) is 4.64. The summed E-state index contributed by atoms with van der Waals surface area (Å²) in [4.78, 5) is 11.4. The lowest BCUT2D eigenvalue weighted by Crippen LogP contribution is -2.00. The van der Waals surface area contributed by atoms with Crippen molar-refractivity contribution in [3.63, 3.8) is 0 Å². The number of hydrogen-bond acceptors (Lipinski definition) is 1. The van der Waals surface area contributed by atoms with Crippen molar-refractivity contribution in [3.05, 3.63) is 71.0 Å². The third kappa shape index (κ3) is 2.36. The van der Waals surface area contributed by atoms with Gasteiger partial charge in [0.15, 0.2) is 0 Å². The quantitative estimate of drug-likeness (QED) is 0.723. The van der Waals surface area contributed by atoms with E-state index in [0.29, 0.717) is 26.9 Å². The van der Waals surface area contributed by atoms with E-state index in [9.17, 15) is 14.3 Å². The van der Waals surface area contributed by atoms with Crippen molar-refractivity contribution < 1.29 is 14.3 Å². The first-order valence-electron chi connectivity index (χ1n) is 6.28. The van der Waals surface area contributed by atoms with Crippen molar-refractivity contribution in [3.8, 4) is 11.1 Å². The summed E-state index contributed by atoms with van der Waals surface area (Å²) in [7, 11) is 0. The van der Waals surface area contributed by atoms with E-state index in [0.717, 1.165) is 0 Å². The Kier molecular flexibility index (Phi) is 3.35. The maximum Gasteiger partial charge on any atom is 0.336 e. The standard InChI is InChI=1S/C17H10ClFO2/c18-10-5-6-14(17(20)21)15(9-10)12-7-8-16(19)13-4-2-1-3-11(12)13/h1-9H,(H,20,21). The number of carbonyl (C=O) groups is 1. The van der Waals surface area contributed by atoms with Crippen molar-refractivity contribution in [2.45, 2.75) is 0 Å². The van der Waals surface area contributed by atoms with Crippen LogP contribution in [0.3, 0.4) is 0 Å². The maximum atomic E-state index is 13.9. The third-order valence-corrected chi connectivity index (χ3v) is 3.61. The fourth-order valence-corrected chi connectivity index (χ4v) is 2.60. The molecule has 1 N–H and O–H groups in total. The molecule has 0 heterocycles. The predicted molar refractivity (Wildman–Crippen MR) is 81.3 cm³/mol. The highest BCUT2D eigenvalue weighted by Crippen LogP contribution is 2.34. The van der Waals surface area contributed by atoms with Gasteiger partial charge in [0, 0.05) is 10.4 Å². The largest absolute Gasteiger partial charge is 0.478 e. The Morgan fingerprint density at radius 1 is 0.952 bits per heavy atom. The van der Waals surface area contributed by atoms with Crippen LogP contribution in [-0.4, -0.2) is 11.1 Å². The summed E-state index contributed by atoms with van der Waals surface area (Å²) >= 11 is 5.99. The third-order valence-electron chi connectivity index (χ3n) is 3.37. The lowest BCUT2D eigenvalue weighted by molar-refractivity contribution is 0.0698. The number of carboxylic acids is 1. The summed E-state index contributed by atoms with van der Waals surface area (Å²) in [6.45, 7) is 0. The Morgan fingerprint density at radius 2 is 1.67 bits per heavy atom. The van der Waals surface area contributed by atoms with Gasteiger partial charge in [0.25, 0.3) is 0 Å². The summed E-state index contributed by atoms with van der Waals surface area (Å²) in [5.74, 6) is -1.39. The minimum Gasteiger partial charge on any atom is -0.478 e. The molecule has 0 bridgehead atoms. The summed E-state index contributed by atoms with van der Waals surface area (Å²) < 4.78 is 13.9. The molecule has 0 unspecified atom stereocenters. The van der Waals surface area contributed by atoms with E-state index in [1.807, 2.05) is 0 Å². The molecule has 0 aliphatic rings. The number of hydrogen-bond donors (Lipinski definition) is 1. The zero-order valence-corrected chi connectivity index (χ0v) is 11.6. The molecule has 0 fully saturated rings. The molecule has 0 amide bonds. The molecule has 4 heteroatoms. The van der Waals surface area contributed by atoms with Crippen LogP contribution >= 0.6 is 11.6 Å². The van der Waals surface area contributed by atoms with Crippen molar-refractivity contribution in [2.75, 3.05) is 0 Å². The minimum absolute atomic E-state index is 0.135. The average molecular weight is 301 g/mol. The summed E-state index contributed by atoms with van der Waals surface area (Å²) in [5.41, 5.74) is 1.26. The van der Waals surface area contributed by atoms with Crippen molar-refractivity contribution in [1.82, 2.24) is 0 Å². The number of carboxylic acid groups (broad SMARTS) is 1. The van der Waals surface area contributed by atoms with E-state index in [-0.39, 0.29) is 11.4 Å². The van der Waals surface area contributed by atoms with Gasteiger partial charge in [-0.1, -0.05) is 41.9 Å². The molecule has 104 valence electrons. The Balaban J connectivity index is 2.39. The summed E-state index contributed by atoms with van der Waals surface area (Å²) in [6, 6.07) is 14.4. The molecule has 3 aromatic carbocycles. The first-order chi connectivity index (χ1) is 10.1. The Bertz CT molecular complexity index is 859. The van der Waals surface area contributed by atoms with Gasteiger partial charge in [-0.3, -0.25) is 0 Å². The van der Waals surface area contributed by atoms with E-state index < -0.39 is 5.97 Å². The smallest absolute Gasteiger partial charge is 0.336 e. The van der Waals surface area contributed by atoms with Crippen molar-refractivity contribution in [1.29, 1.82) is 0 Å². The van der Waals surface area contributed by atoms with Gasteiger partial charge in [0.1, 0.15) is 5.82 Å². The van der Waals surface area contributed by atoms with Crippen LogP contribution in [0.1, 0.15) is 10.4 Å². The van der Waals surface area contributed by atoms with E-state index in [4.69, 9.17) is 11.6 Å². The monoisotopic (exact) mass is 300 g/mol. The van der Waals surface area contributed by atoms with Gasteiger partial charge < -0.3 is 5.11 Å². The first kappa shape index (κ1) is 13.6. The van der Waals surface area contributed by atoms with E-state index in [1.165, 1.54) is 18.2 Å². The normalized spacial score (nSPS) is 10.8. The number of halogens is 2. The van der Waals surface area contributed by atoms with Gasteiger partial charge in [-0.05, 0) is 40.8 Å². The molecule has 0 spiro atoms. The number of fused-ring (bicyclic) bond motifs is 1. The molecule has 0 aromatic heterocycles. The van der Waals surface area contributed by atoms with Crippen LogP contribution in [0.25, 0.3) is 21.9 Å². The number of benzene rings is 3. The Morgan fingerprint density at radius 3 is 2.38 bits per heavy atom. The highest BCUT2D eigenvalue weighted by Gasteiger charge is 2.15. The zero-order valence-electron chi connectivity index (χ0n) is 10.8. The van der Waals surface area contributed by atoms with Gasteiger partial charge in [0.05, 0.1) is 5.56 Å². The SMILES string of the molecule is O=C(O)c1ccc(Cl)cc1-c1ccc(F)c2ccccc12. The lowest BCUT2D eigenvalue weighted by atomic mass is 9.94. The predicted octanol–water partition coefficient (Wildman–Crippen LogP) is 5.00. The molecule has 0 saturated carbocycles. The minimum atomic E-state index is -1.05. The molecule has 0 aliphatic carbocycles. The molecule has 0 saturated heterocycles. The fraction of sp³-hybridized carbons (Fsp3) is 0. The van der Waals surface area contributed by atoms with Crippen LogP contribution in [0.5, 0.6) is 0 Å². The van der Waals surface area contributed by atoms with Crippen LogP contribution in [-0.2, 0) is 0 Å². The van der Waals surface area contributed by atoms with Crippen LogP contribution < -0.4 is 0 Å². The molecular formula is C17H10ClFO2. The second-order valence-corrected chi connectivity index (χ2v) is 5.07. The van der Waals surface area contributed by atoms with Gasteiger partial charge >= 0.3 is 5.97 Å². The van der Waals surface area contributed by atoms with E-state index in [2.05, 4.69) is 0 Å². The molecule has 0 aliphatic heterocycles. The van der Waals surface area contributed by atoms with E-state index in [1.54, 1.807) is 36.4 Å². The number of aromatic carboxylic acids is 1. The molecule has 3 aromatic rings. The molecular weight excluding hydrogens is 291 g/mol. The second kappa shape index (κ2) is 5.19. The highest BCUT2D eigenvalue weighted by atomic mass is 35.5. The van der Waals surface area contributed by atoms with Gasteiger partial charge in [0.2, 0.25) is 0 Å². The lowest BCUT2D eigenvalue weighted by Gasteiger charge is -2.11. The van der Waals surface area contributed by atoms with E-state index >= 15 is 0 Å². The molecule has 21 heavy (non-hydrogen) atoms. The maximum absolute atomic E-state index is 13.9. The van der Waals surface area contributed by atoms with Gasteiger partial charge in [-0.2, -0.15) is 0 Å².